The van der Waals surface area contributed by atoms with Crippen LogP contribution in [0.1, 0.15) is 12.0 Å². The van der Waals surface area contributed by atoms with Gasteiger partial charge in [0.05, 0.1) is 5.52 Å². The average Bonchev–Trinajstić information content (AvgIpc) is 2.52. The summed E-state index contributed by atoms with van der Waals surface area (Å²) in [6, 6.07) is 10.3. The summed E-state index contributed by atoms with van der Waals surface area (Å²) in [4.78, 5) is 4.46. The highest BCUT2D eigenvalue weighted by Gasteiger charge is 2.02. The normalized spacial score (nSPS) is 10.5. The molecule has 2 N–H and O–H groups in total. The molecule has 4 nitrogen and oxygen atoms in total. The number of pyridine rings is 1. The SMILES string of the molecule is COCCCNC(=S)NCCc1cccc2cccnc12. The summed E-state index contributed by atoms with van der Waals surface area (Å²) in [6.07, 6.45) is 3.68. The van der Waals surface area contributed by atoms with Gasteiger partial charge in [-0.05, 0) is 36.7 Å². The van der Waals surface area contributed by atoms with E-state index in [4.69, 9.17) is 17.0 Å². The van der Waals surface area contributed by atoms with E-state index >= 15 is 0 Å². The number of hydrogen-bond acceptors (Lipinski definition) is 3. The molecule has 1 heterocycles. The van der Waals surface area contributed by atoms with Crippen molar-refractivity contribution in [3.05, 3.63) is 42.1 Å². The summed E-state index contributed by atoms with van der Waals surface area (Å²) in [7, 11) is 1.70. The molecule has 0 unspecified atom stereocenters. The molecule has 2 rings (SSSR count). The third kappa shape index (κ3) is 4.95. The van der Waals surface area contributed by atoms with E-state index in [1.165, 1.54) is 10.9 Å². The molecule has 0 saturated carbocycles. The van der Waals surface area contributed by atoms with Crippen molar-refractivity contribution in [2.75, 3.05) is 26.8 Å². The summed E-state index contributed by atoms with van der Waals surface area (Å²) in [5, 5.41) is 8.26. The average molecular weight is 303 g/mol. The van der Waals surface area contributed by atoms with Crippen LogP contribution < -0.4 is 10.6 Å². The van der Waals surface area contributed by atoms with Crippen LogP contribution in [0.3, 0.4) is 0 Å². The zero-order valence-electron chi connectivity index (χ0n) is 12.3. The van der Waals surface area contributed by atoms with Crippen molar-refractivity contribution in [3.8, 4) is 0 Å². The first-order valence-electron chi connectivity index (χ1n) is 7.14. The topological polar surface area (TPSA) is 46.2 Å². The first-order chi connectivity index (χ1) is 10.3. The molecular weight excluding hydrogens is 282 g/mol. The molecule has 112 valence electrons. The molecule has 0 aliphatic heterocycles. The van der Waals surface area contributed by atoms with Crippen LogP contribution in [-0.2, 0) is 11.2 Å². The van der Waals surface area contributed by atoms with Gasteiger partial charge < -0.3 is 15.4 Å². The minimum atomic E-state index is 0.694. The number of thiocarbonyl (C=S) groups is 1. The van der Waals surface area contributed by atoms with E-state index in [0.717, 1.165) is 38.1 Å². The second-order valence-corrected chi connectivity index (χ2v) is 5.18. The number of aromatic nitrogens is 1. The molecule has 0 aliphatic rings. The third-order valence-electron chi connectivity index (χ3n) is 3.21. The molecule has 21 heavy (non-hydrogen) atoms. The Kier molecular flexibility index (Phi) is 6.37. The summed E-state index contributed by atoms with van der Waals surface area (Å²) < 4.78 is 4.99. The predicted molar refractivity (Wildman–Crippen MR) is 90.5 cm³/mol. The van der Waals surface area contributed by atoms with Crippen molar-refractivity contribution in [1.29, 1.82) is 0 Å². The molecule has 0 aliphatic carbocycles. The Morgan fingerprint density at radius 2 is 2.00 bits per heavy atom. The number of rotatable bonds is 7. The monoisotopic (exact) mass is 303 g/mol. The molecule has 0 atom stereocenters. The van der Waals surface area contributed by atoms with Gasteiger partial charge in [-0.25, -0.2) is 0 Å². The van der Waals surface area contributed by atoms with Crippen LogP contribution in [0.15, 0.2) is 36.5 Å². The number of nitrogens with zero attached hydrogens (tertiary/aromatic N) is 1. The maximum absolute atomic E-state index is 5.24. The van der Waals surface area contributed by atoms with E-state index < -0.39 is 0 Å². The van der Waals surface area contributed by atoms with Crippen LogP contribution in [-0.4, -0.2) is 36.9 Å². The lowest BCUT2D eigenvalue weighted by molar-refractivity contribution is 0.195. The van der Waals surface area contributed by atoms with Crippen molar-refractivity contribution in [2.24, 2.45) is 0 Å². The van der Waals surface area contributed by atoms with E-state index in [1.807, 2.05) is 12.3 Å². The van der Waals surface area contributed by atoms with Gasteiger partial charge in [-0.15, -0.1) is 0 Å². The lowest BCUT2D eigenvalue weighted by Gasteiger charge is -2.11. The van der Waals surface area contributed by atoms with Crippen LogP contribution in [0.25, 0.3) is 10.9 Å². The summed E-state index contributed by atoms with van der Waals surface area (Å²) in [6.45, 7) is 2.37. The highest BCUT2D eigenvalue weighted by Crippen LogP contribution is 2.15. The maximum Gasteiger partial charge on any atom is 0.166 e. The van der Waals surface area contributed by atoms with Gasteiger partial charge in [0.1, 0.15) is 0 Å². The fourth-order valence-electron chi connectivity index (χ4n) is 2.16. The summed E-state index contributed by atoms with van der Waals surface area (Å²) >= 11 is 5.24. The predicted octanol–water partition coefficient (Wildman–Crippen LogP) is 2.28. The Balaban J connectivity index is 1.78. The highest BCUT2D eigenvalue weighted by molar-refractivity contribution is 7.80. The number of hydrogen-bond donors (Lipinski definition) is 2. The van der Waals surface area contributed by atoms with Gasteiger partial charge in [0.15, 0.2) is 5.11 Å². The first-order valence-corrected chi connectivity index (χ1v) is 7.55. The Morgan fingerprint density at radius 3 is 2.86 bits per heavy atom. The Morgan fingerprint density at radius 1 is 1.19 bits per heavy atom. The van der Waals surface area contributed by atoms with Crippen LogP contribution in [0.4, 0.5) is 0 Å². The molecule has 0 radical (unpaired) electrons. The second kappa shape index (κ2) is 8.54. The molecule has 0 saturated heterocycles. The number of benzene rings is 1. The molecule has 0 fully saturated rings. The number of ether oxygens (including phenoxy) is 1. The largest absolute Gasteiger partial charge is 0.385 e. The van der Waals surface area contributed by atoms with E-state index in [9.17, 15) is 0 Å². The Bertz CT molecular complexity index is 583. The van der Waals surface area contributed by atoms with E-state index in [2.05, 4.69) is 39.9 Å². The molecule has 0 bridgehead atoms. The lowest BCUT2D eigenvalue weighted by Crippen LogP contribution is -2.37. The number of nitrogens with one attached hydrogen (secondary N) is 2. The molecule has 2 aromatic rings. The molecule has 0 amide bonds. The summed E-state index contributed by atoms with van der Waals surface area (Å²) in [5.41, 5.74) is 2.31. The van der Waals surface area contributed by atoms with Crippen molar-refractivity contribution >= 4 is 28.2 Å². The molecular formula is C16H21N3OS. The fourth-order valence-corrected chi connectivity index (χ4v) is 2.36. The lowest BCUT2D eigenvalue weighted by atomic mass is 10.1. The van der Waals surface area contributed by atoms with Crippen molar-refractivity contribution in [2.45, 2.75) is 12.8 Å². The quantitative estimate of drug-likeness (QED) is 0.607. The van der Waals surface area contributed by atoms with Crippen LogP contribution in [0.5, 0.6) is 0 Å². The van der Waals surface area contributed by atoms with Gasteiger partial charge in [-0.1, -0.05) is 24.3 Å². The standard InChI is InChI=1S/C16H21N3OS/c1-20-12-4-10-18-16(21)19-11-8-14-6-2-5-13-7-3-9-17-15(13)14/h2-3,5-7,9H,4,8,10-12H2,1H3,(H2,18,19,21). The summed E-state index contributed by atoms with van der Waals surface area (Å²) in [5.74, 6) is 0. The van der Waals surface area contributed by atoms with Gasteiger partial charge in [-0.3, -0.25) is 4.98 Å². The van der Waals surface area contributed by atoms with Gasteiger partial charge in [0.2, 0.25) is 0 Å². The fraction of sp³-hybridized carbons (Fsp3) is 0.375. The minimum Gasteiger partial charge on any atom is -0.385 e. The first kappa shape index (κ1) is 15.7. The highest BCUT2D eigenvalue weighted by atomic mass is 32.1. The molecule has 5 heteroatoms. The van der Waals surface area contributed by atoms with Gasteiger partial charge in [0.25, 0.3) is 0 Å². The smallest absolute Gasteiger partial charge is 0.166 e. The second-order valence-electron chi connectivity index (χ2n) is 4.77. The van der Waals surface area contributed by atoms with E-state index in [1.54, 1.807) is 7.11 Å². The maximum atomic E-state index is 5.24. The zero-order valence-corrected chi connectivity index (χ0v) is 13.1. The molecule has 1 aromatic heterocycles. The van der Waals surface area contributed by atoms with Crippen LogP contribution in [0.2, 0.25) is 0 Å². The number of fused-ring (bicyclic) bond motifs is 1. The Labute approximate surface area is 130 Å². The molecule has 1 aromatic carbocycles. The van der Waals surface area contributed by atoms with Crippen molar-refractivity contribution < 1.29 is 4.74 Å². The van der Waals surface area contributed by atoms with Gasteiger partial charge in [-0.2, -0.15) is 0 Å². The van der Waals surface area contributed by atoms with Crippen molar-refractivity contribution in [3.63, 3.8) is 0 Å². The van der Waals surface area contributed by atoms with Gasteiger partial charge >= 0.3 is 0 Å². The number of para-hydroxylation sites is 1. The number of methoxy groups -OCH3 is 1. The van der Waals surface area contributed by atoms with E-state index in [0.29, 0.717) is 5.11 Å². The van der Waals surface area contributed by atoms with Crippen LogP contribution >= 0.6 is 12.2 Å². The van der Waals surface area contributed by atoms with Crippen molar-refractivity contribution in [1.82, 2.24) is 15.6 Å². The molecule has 0 spiro atoms. The minimum absolute atomic E-state index is 0.694. The van der Waals surface area contributed by atoms with E-state index in [-0.39, 0.29) is 0 Å². The zero-order chi connectivity index (χ0) is 14.9. The van der Waals surface area contributed by atoms with Crippen LogP contribution in [0, 0.1) is 0 Å². The van der Waals surface area contributed by atoms with Gasteiger partial charge in [0, 0.05) is 38.4 Å². The Hall–Kier alpha value is -1.72. The third-order valence-corrected chi connectivity index (χ3v) is 3.50.